The van der Waals surface area contributed by atoms with Gasteiger partial charge in [-0.2, -0.15) is 0 Å². The maximum Gasteiger partial charge on any atom is 0.336 e. The molecule has 7 heteroatoms. The number of aromatic hydroxyl groups is 1. The Hall–Kier alpha value is -2.80. The molecule has 0 unspecified atom stereocenters. The van der Waals surface area contributed by atoms with E-state index in [1.807, 2.05) is 0 Å². The van der Waals surface area contributed by atoms with E-state index in [-0.39, 0.29) is 11.9 Å². The van der Waals surface area contributed by atoms with Gasteiger partial charge in [0.05, 0.1) is 37.4 Å². The summed E-state index contributed by atoms with van der Waals surface area (Å²) < 4.78 is 15.6. The molecule has 0 bridgehead atoms. The molecule has 0 spiro atoms. The zero-order chi connectivity index (χ0) is 19.4. The molecule has 1 atom stereocenters. The third-order valence-electron chi connectivity index (χ3n) is 4.74. The van der Waals surface area contributed by atoms with E-state index in [4.69, 9.17) is 14.2 Å². The van der Waals surface area contributed by atoms with E-state index >= 15 is 0 Å². The Morgan fingerprint density at radius 1 is 1.11 bits per heavy atom. The number of rotatable bonds is 5. The van der Waals surface area contributed by atoms with Crippen LogP contribution in [0.5, 0.6) is 5.75 Å². The van der Waals surface area contributed by atoms with Crippen molar-refractivity contribution in [2.45, 2.75) is 24.9 Å². The summed E-state index contributed by atoms with van der Waals surface area (Å²) in [6.07, 6.45) is 5.35. The Bertz CT molecular complexity index is 727. The fourth-order valence-corrected chi connectivity index (χ4v) is 3.44. The summed E-state index contributed by atoms with van der Waals surface area (Å²) >= 11 is 0. The van der Waals surface area contributed by atoms with Gasteiger partial charge < -0.3 is 24.2 Å². The number of hydrogen-bond acceptors (Lipinski definition) is 7. The van der Waals surface area contributed by atoms with Crippen molar-refractivity contribution in [1.82, 2.24) is 4.90 Å². The van der Waals surface area contributed by atoms with Gasteiger partial charge in [-0.1, -0.05) is 12.1 Å². The standard InChI is InChI=1S/C20H23NO6/c1-25-19(23)16-11-21(10-15-4-3-9-27-15)12-17(20(24)26-2)18(16)13-5-7-14(22)8-6-13/h5-8,11-12,15,18,22H,3-4,9-10H2,1-2H3/t15-/m1/s1. The van der Waals surface area contributed by atoms with Gasteiger partial charge in [0.1, 0.15) is 5.75 Å². The van der Waals surface area contributed by atoms with Crippen molar-refractivity contribution in [2.24, 2.45) is 0 Å². The van der Waals surface area contributed by atoms with Crippen LogP contribution in [0, 0.1) is 0 Å². The molecule has 0 amide bonds. The number of nitrogens with zero attached hydrogens (tertiary/aromatic N) is 1. The lowest BCUT2D eigenvalue weighted by atomic mass is 9.83. The summed E-state index contributed by atoms with van der Waals surface area (Å²) in [5.41, 5.74) is 1.33. The Kier molecular flexibility index (Phi) is 5.81. The van der Waals surface area contributed by atoms with Crippen LogP contribution in [0.25, 0.3) is 0 Å². The predicted octanol–water partition coefficient (Wildman–Crippen LogP) is 2.08. The molecule has 1 N–H and O–H groups in total. The van der Waals surface area contributed by atoms with Gasteiger partial charge in [-0.3, -0.25) is 0 Å². The fourth-order valence-electron chi connectivity index (χ4n) is 3.44. The molecule has 7 nitrogen and oxygen atoms in total. The molecule has 3 rings (SSSR count). The smallest absolute Gasteiger partial charge is 0.336 e. The van der Waals surface area contributed by atoms with Crippen molar-refractivity contribution >= 4 is 11.9 Å². The van der Waals surface area contributed by atoms with Crippen LogP contribution in [0.15, 0.2) is 47.8 Å². The molecule has 1 aromatic carbocycles. The Morgan fingerprint density at radius 2 is 1.70 bits per heavy atom. The first kappa shape index (κ1) is 19.0. The highest BCUT2D eigenvalue weighted by Crippen LogP contribution is 2.37. The van der Waals surface area contributed by atoms with E-state index in [1.54, 1.807) is 29.4 Å². The number of benzene rings is 1. The molecular weight excluding hydrogens is 350 g/mol. The SMILES string of the molecule is COC(=O)C1=CN(C[C@H]2CCCO2)C=C(C(=O)OC)C1c1ccc(O)cc1. The summed E-state index contributed by atoms with van der Waals surface area (Å²) in [5, 5.41) is 9.56. The molecule has 1 aromatic rings. The van der Waals surface area contributed by atoms with Gasteiger partial charge in [0.15, 0.2) is 0 Å². The van der Waals surface area contributed by atoms with Gasteiger partial charge in [0.25, 0.3) is 0 Å². The molecule has 0 radical (unpaired) electrons. The van der Waals surface area contributed by atoms with Crippen LogP contribution >= 0.6 is 0 Å². The van der Waals surface area contributed by atoms with Crippen LogP contribution in [0.2, 0.25) is 0 Å². The summed E-state index contributed by atoms with van der Waals surface area (Å²) in [4.78, 5) is 26.7. The van der Waals surface area contributed by atoms with Gasteiger partial charge in [-0.25, -0.2) is 9.59 Å². The molecule has 0 aromatic heterocycles. The summed E-state index contributed by atoms with van der Waals surface area (Å²) in [5.74, 6) is -1.60. The number of phenols is 1. The van der Waals surface area contributed by atoms with E-state index in [1.165, 1.54) is 26.4 Å². The fraction of sp³-hybridized carbons (Fsp3) is 0.400. The molecular formula is C20H23NO6. The number of ether oxygens (including phenoxy) is 3. The highest BCUT2D eigenvalue weighted by Gasteiger charge is 2.35. The first-order chi connectivity index (χ1) is 13.0. The number of methoxy groups -OCH3 is 2. The van der Waals surface area contributed by atoms with E-state index < -0.39 is 17.9 Å². The number of carbonyl (C=O) groups is 2. The minimum absolute atomic E-state index is 0.0421. The van der Waals surface area contributed by atoms with Gasteiger partial charge in [0, 0.05) is 25.6 Å². The van der Waals surface area contributed by atoms with Crippen LogP contribution in [0.3, 0.4) is 0 Å². The molecule has 0 saturated carbocycles. The Balaban J connectivity index is 2.01. The van der Waals surface area contributed by atoms with E-state index in [2.05, 4.69) is 0 Å². The van der Waals surface area contributed by atoms with Crippen LogP contribution in [0.1, 0.15) is 24.3 Å². The average molecular weight is 373 g/mol. The lowest BCUT2D eigenvalue weighted by Gasteiger charge is -2.31. The van der Waals surface area contributed by atoms with Crippen molar-refractivity contribution in [3.05, 3.63) is 53.4 Å². The minimum atomic E-state index is -0.647. The maximum atomic E-state index is 12.5. The largest absolute Gasteiger partial charge is 0.508 e. The molecule has 1 saturated heterocycles. The third-order valence-corrected chi connectivity index (χ3v) is 4.74. The van der Waals surface area contributed by atoms with Crippen molar-refractivity contribution in [3.63, 3.8) is 0 Å². The molecule has 1 fully saturated rings. The summed E-state index contributed by atoms with van der Waals surface area (Å²) in [6, 6.07) is 6.36. The monoisotopic (exact) mass is 373 g/mol. The second-order valence-electron chi connectivity index (χ2n) is 6.51. The molecule has 27 heavy (non-hydrogen) atoms. The van der Waals surface area contributed by atoms with Crippen molar-refractivity contribution in [2.75, 3.05) is 27.4 Å². The van der Waals surface area contributed by atoms with E-state index in [9.17, 15) is 14.7 Å². The van der Waals surface area contributed by atoms with Crippen LogP contribution in [0.4, 0.5) is 0 Å². The number of esters is 2. The van der Waals surface area contributed by atoms with Gasteiger partial charge in [0.2, 0.25) is 0 Å². The average Bonchev–Trinajstić information content (AvgIpc) is 3.20. The van der Waals surface area contributed by atoms with E-state index in [0.717, 1.165) is 19.4 Å². The van der Waals surface area contributed by atoms with Gasteiger partial charge >= 0.3 is 11.9 Å². The zero-order valence-electron chi connectivity index (χ0n) is 15.4. The molecule has 0 aliphatic carbocycles. The van der Waals surface area contributed by atoms with Gasteiger partial charge in [-0.15, -0.1) is 0 Å². The topological polar surface area (TPSA) is 85.3 Å². The molecule has 2 heterocycles. The lowest BCUT2D eigenvalue weighted by Crippen LogP contribution is -2.32. The normalized spacial score (nSPS) is 20.1. The minimum Gasteiger partial charge on any atom is -0.508 e. The maximum absolute atomic E-state index is 12.5. The first-order valence-corrected chi connectivity index (χ1v) is 8.79. The quantitative estimate of drug-likeness (QED) is 0.791. The second kappa shape index (κ2) is 8.26. The highest BCUT2D eigenvalue weighted by molar-refractivity contribution is 5.98. The Labute approximate surface area is 157 Å². The van der Waals surface area contributed by atoms with Crippen LogP contribution in [-0.4, -0.2) is 55.4 Å². The summed E-state index contributed by atoms with van der Waals surface area (Å²) in [7, 11) is 2.61. The van der Waals surface area contributed by atoms with Crippen LogP contribution < -0.4 is 0 Å². The molecule has 144 valence electrons. The molecule has 2 aliphatic heterocycles. The summed E-state index contributed by atoms with van der Waals surface area (Å²) in [6.45, 7) is 1.25. The first-order valence-electron chi connectivity index (χ1n) is 8.79. The number of hydrogen-bond donors (Lipinski definition) is 1. The predicted molar refractivity (Wildman–Crippen MR) is 96.7 cm³/mol. The van der Waals surface area contributed by atoms with Crippen molar-refractivity contribution < 1.29 is 28.9 Å². The second-order valence-corrected chi connectivity index (χ2v) is 6.51. The van der Waals surface area contributed by atoms with Crippen LogP contribution in [-0.2, 0) is 23.8 Å². The zero-order valence-corrected chi connectivity index (χ0v) is 15.4. The Morgan fingerprint density at radius 3 is 2.19 bits per heavy atom. The number of phenolic OH excluding ortho intramolecular Hbond substituents is 1. The highest BCUT2D eigenvalue weighted by atomic mass is 16.5. The van der Waals surface area contributed by atoms with Gasteiger partial charge in [-0.05, 0) is 30.5 Å². The van der Waals surface area contributed by atoms with Crippen molar-refractivity contribution in [1.29, 1.82) is 0 Å². The molecule has 2 aliphatic rings. The third kappa shape index (κ3) is 4.14. The van der Waals surface area contributed by atoms with Crippen molar-refractivity contribution in [3.8, 4) is 5.75 Å². The lowest BCUT2D eigenvalue weighted by molar-refractivity contribution is -0.137. The number of carbonyl (C=O) groups excluding carboxylic acids is 2. The van der Waals surface area contributed by atoms with E-state index in [0.29, 0.717) is 23.3 Å².